The van der Waals surface area contributed by atoms with Gasteiger partial charge in [-0.25, -0.2) is 0 Å². The van der Waals surface area contributed by atoms with Crippen molar-refractivity contribution in [3.05, 3.63) is 34.6 Å². The van der Waals surface area contributed by atoms with E-state index in [2.05, 4.69) is 37.5 Å². The molecule has 0 radical (unpaired) electrons. The van der Waals surface area contributed by atoms with Crippen LogP contribution in [0.5, 0.6) is 0 Å². The summed E-state index contributed by atoms with van der Waals surface area (Å²) in [5.74, 6) is 0.753. The first-order valence-electron chi connectivity index (χ1n) is 4.43. The van der Waals surface area contributed by atoms with E-state index in [0.717, 1.165) is 25.3 Å². The summed E-state index contributed by atoms with van der Waals surface area (Å²) in [4.78, 5) is 5.28. The predicted octanol–water partition coefficient (Wildman–Crippen LogP) is 1.46. The summed E-state index contributed by atoms with van der Waals surface area (Å²) in [5.41, 5.74) is 0. The highest BCUT2D eigenvalue weighted by molar-refractivity contribution is 7.09. The van der Waals surface area contributed by atoms with Gasteiger partial charge in [-0.2, -0.15) is 4.98 Å². The van der Waals surface area contributed by atoms with Gasteiger partial charge >= 0.3 is 0 Å². The van der Waals surface area contributed by atoms with Gasteiger partial charge in [-0.1, -0.05) is 11.2 Å². The van der Waals surface area contributed by atoms with Crippen LogP contribution in [0.25, 0.3) is 0 Å². The van der Waals surface area contributed by atoms with Crippen molar-refractivity contribution in [1.82, 2.24) is 15.5 Å². The molecule has 2 aromatic heterocycles. The minimum absolute atomic E-state index is 0.753. The first kappa shape index (κ1) is 9.36. The van der Waals surface area contributed by atoms with E-state index in [1.807, 2.05) is 0 Å². The highest BCUT2D eigenvalue weighted by Crippen LogP contribution is 2.07. The minimum atomic E-state index is 0.753. The molecule has 2 heterocycles. The predicted molar refractivity (Wildman–Crippen MR) is 54.0 cm³/mol. The molecule has 2 aromatic rings. The largest absolute Gasteiger partial charge is 0.343 e. The van der Waals surface area contributed by atoms with Crippen LogP contribution in [0.4, 0.5) is 0 Å². The molecule has 5 heteroatoms. The fraction of sp³-hybridized carbons (Fsp3) is 0.333. The van der Waals surface area contributed by atoms with E-state index >= 15 is 0 Å². The van der Waals surface area contributed by atoms with E-state index in [4.69, 9.17) is 0 Å². The zero-order valence-electron chi connectivity index (χ0n) is 7.64. The highest BCUT2D eigenvalue weighted by atomic mass is 32.1. The standard InChI is InChI=1S/C9H11N3OS/c1-2-8(14-5-1)6-10-4-3-9-11-7-13-12-9/h1-2,5,7,10H,3-4,6H2. The Bertz CT molecular complexity index is 308. The van der Waals surface area contributed by atoms with E-state index in [1.165, 1.54) is 11.3 Å². The topological polar surface area (TPSA) is 51.0 Å². The molecular formula is C9H11N3OS. The van der Waals surface area contributed by atoms with Crippen LogP contribution in [-0.4, -0.2) is 16.7 Å². The third kappa shape index (κ3) is 2.65. The van der Waals surface area contributed by atoms with Crippen LogP contribution in [0.1, 0.15) is 10.7 Å². The van der Waals surface area contributed by atoms with Crippen LogP contribution < -0.4 is 5.32 Å². The molecule has 0 aliphatic carbocycles. The molecule has 0 aromatic carbocycles. The second kappa shape index (κ2) is 4.88. The molecule has 0 aliphatic heterocycles. The van der Waals surface area contributed by atoms with Gasteiger partial charge in [0, 0.05) is 24.4 Å². The van der Waals surface area contributed by atoms with Crippen molar-refractivity contribution in [3.63, 3.8) is 0 Å². The molecule has 0 fully saturated rings. The summed E-state index contributed by atoms with van der Waals surface area (Å²) >= 11 is 1.76. The Morgan fingerprint density at radius 2 is 2.50 bits per heavy atom. The van der Waals surface area contributed by atoms with Crippen molar-refractivity contribution in [2.75, 3.05) is 6.54 Å². The van der Waals surface area contributed by atoms with Crippen molar-refractivity contribution in [3.8, 4) is 0 Å². The molecule has 0 saturated heterocycles. The SMILES string of the molecule is c1csc(CNCCc2ncon2)c1. The Morgan fingerprint density at radius 1 is 1.50 bits per heavy atom. The Kier molecular flexibility index (Phi) is 3.26. The van der Waals surface area contributed by atoms with Crippen molar-refractivity contribution < 1.29 is 4.52 Å². The summed E-state index contributed by atoms with van der Waals surface area (Å²) in [6.07, 6.45) is 2.16. The molecule has 2 rings (SSSR count). The molecule has 14 heavy (non-hydrogen) atoms. The molecule has 0 unspecified atom stereocenters. The smallest absolute Gasteiger partial charge is 0.213 e. The monoisotopic (exact) mass is 209 g/mol. The van der Waals surface area contributed by atoms with E-state index in [-0.39, 0.29) is 0 Å². The molecule has 1 N–H and O–H groups in total. The fourth-order valence-corrected chi connectivity index (χ4v) is 1.80. The maximum Gasteiger partial charge on any atom is 0.213 e. The van der Waals surface area contributed by atoms with Gasteiger partial charge in [0.15, 0.2) is 5.82 Å². The van der Waals surface area contributed by atoms with E-state index in [0.29, 0.717) is 0 Å². The first-order valence-corrected chi connectivity index (χ1v) is 5.31. The number of hydrogen-bond donors (Lipinski definition) is 1. The number of nitrogens with zero attached hydrogens (tertiary/aromatic N) is 2. The van der Waals surface area contributed by atoms with Crippen LogP contribution >= 0.6 is 11.3 Å². The van der Waals surface area contributed by atoms with Gasteiger partial charge < -0.3 is 9.84 Å². The molecule has 74 valence electrons. The van der Waals surface area contributed by atoms with Gasteiger partial charge in [0.05, 0.1) is 0 Å². The lowest BCUT2D eigenvalue weighted by molar-refractivity contribution is 0.409. The number of nitrogens with one attached hydrogen (secondary N) is 1. The van der Waals surface area contributed by atoms with Crippen molar-refractivity contribution in [2.24, 2.45) is 0 Å². The number of thiophene rings is 1. The van der Waals surface area contributed by atoms with Crippen LogP contribution in [0.15, 0.2) is 28.4 Å². The van der Waals surface area contributed by atoms with Crippen LogP contribution in [0, 0.1) is 0 Å². The van der Waals surface area contributed by atoms with Gasteiger partial charge in [0.1, 0.15) is 0 Å². The van der Waals surface area contributed by atoms with Gasteiger partial charge in [0.2, 0.25) is 6.39 Å². The lowest BCUT2D eigenvalue weighted by atomic mass is 10.4. The third-order valence-electron chi connectivity index (χ3n) is 1.81. The Labute approximate surface area is 86.0 Å². The third-order valence-corrected chi connectivity index (χ3v) is 2.69. The average molecular weight is 209 g/mol. The van der Waals surface area contributed by atoms with E-state index in [9.17, 15) is 0 Å². The zero-order chi connectivity index (χ0) is 9.64. The molecular weight excluding hydrogens is 198 g/mol. The Balaban J connectivity index is 1.65. The second-order valence-corrected chi connectivity index (χ2v) is 3.89. The van der Waals surface area contributed by atoms with Crippen molar-refractivity contribution in [2.45, 2.75) is 13.0 Å². The molecule has 0 saturated carbocycles. The number of rotatable bonds is 5. The van der Waals surface area contributed by atoms with Crippen LogP contribution in [0.3, 0.4) is 0 Å². The molecule has 0 bridgehead atoms. The molecule has 0 atom stereocenters. The minimum Gasteiger partial charge on any atom is -0.343 e. The number of hydrogen-bond acceptors (Lipinski definition) is 5. The average Bonchev–Trinajstić information content (AvgIpc) is 2.86. The molecule has 4 nitrogen and oxygen atoms in total. The van der Waals surface area contributed by atoms with Crippen LogP contribution in [0.2, 0.25) is 0 Å². The quantitative estimate of drug-likeness (QED) is 0.757. The van der Waals surface area contributed by atoms with Gasteiger partial charge in [-0.3, -0.25) is 0 Å². The summed E-state index contributed by atoms with van der Waals surface area (Å²) in [6, 6.07) is 4.17. The summed E-state index contributed by atoms with van der Waals surface area (Å²) < 4.78 is 4.63. The number of aromatic nitrogens is 2. The normalized spacial score (nSPS) is 10.6. The van der Waals surface area contributed by atoms with Gasteiger partial charge in [-0.05, 0) is 11.4 Å². The van der Waals surface area contributed by atoms with Crippen molar-refractivity contribution >= 4 is 11.3 Å². The summed E-state index contributed by atoms with van der Waals surface area (Å²) in [7, 11) is 0. The van der Waals surface area contributed by atoms with Crippen LogP contribution in [-0.2, 0) is 13.0 Å². The summed E-state index contributed by atoms with van der Waals surface area (Å²) in [6.45, 7) is 1.78. The Hall–Kier alpha value is -1.20. The zero-order valence-corrected chi connectivity index (χ0v) is 8.46. The molecule has 0 amide bonds. The summed E-state index contributed by atoms with van der Waals surface area (Å²) in [5, 5.41) is 9.12. The Morgan fingerprint density at radius 3 is 3.21 bits per heavy atom. The lowest BCUT2D eigenvalue weighted by Gasteiger charge is -1.99. The van der Waals surface area contributed by atoms with E-state index < -0.39 is 0 Å². The van der Waals surface area contributed by atoms with E-state index in [1.54, 1.807) is 11.3 Å². The molecule has 0 spiro atoms. The fourth-order valence-electron chi connectivity index (χ4n) is 1.13. The van der Waals surface area contributed by atoms with Crippen molar-refractivity contribution in [1.29, 1.82) is 0 Å². The first-order chi connectivity index (χ1) is 6.95. The maximum absolute atomic E-state index is 4.63. The maximum atomic E-state index is 4.63. The molecule has 0 aliphatic rings. The van der Waals surface area contributed by atoms with Gasteiger partial charge in [-0.15, -0.1) is 11.3 Å². The second-order valence-electron chi connectivity index (χ2n) is 2.85. The lowest BCUT2D eigenvalue weighted by Crippen LogP contribution is -2.16. The highest BCUT2D eigenvalue weighted by Gasteiger charge is 1.97. The van der Waals surface area contributed by atoms with Gasteiger partial charge in [0.25, 0.3) is 0 Å².